The van der Waals surface area contributed by atoms with Gasteiger partial charge in [-0.05, 0) is 35.7 Å². The summed E-state index contributed by atoms with van der Waals surface area (Å²) in [7, 11) is 0. The van der Waals surface area contributed by atoms with E-state index in [9.17, 15) is 0 Å². The van der Waals surface area contributed by atoms with E-state index in [0.717, 1.165) is 5.56 Å². The van der Waals surface area contributed by atoms with Crippen molar-refractivity contribution in [2.45, 2.75) is 6.92 Å². The molecule has 1 aromatic heterocycles. The van der Waals surface area contributed by atoms with Crippen LogP contribution in [-0.4, -0.2) is 0 Å². The maximum absolute atomic E-state index is 8.25. The summed E-state index contributed by atoms with van der Waals surface area (Å²) in [5.74, 6) is 0. The lowest BCUT2D eigenvalue weighted by atomic mass is 9.99. The molecular formula is C19H14O. The zero-order valence-corrected chi connectivity index (χ0v) is 10.7. The minimum absolute atomic E-state index is 0.0563. The first-order chi connectivity index (χ1) is 12.7. The Balaban J connectivity index is 2.23. The quantitative estimate of drug-likeness (QED) is 0.439. The van der Waals surface area contributed by atoms with E-state index in [1.165, 1.54) is 6.07 Å². The molecule has 1 nitrogen and oxygen atoms in total. The van der Waals surface area contributed by atoms with Gasteiger partial charge in [-0.3, -0.25) is 0 Å². The van der Waals surface area contributed by atoms with Gasteiger partial charge in [0.15, 0.2) is 0 Å². The molecule has 1 heterocycles. The van der Waals surface area contributed by atoms with Crippen molar-refractivity contribution in [3.05, 3.63) is 72.1 Å². The van der Waals surface area contributed by atoms with Crippen LogP contribution in [0, 0.1) is 6.92 Å². The molecule has 0 unspecified atom stereocenters. The van der Waals surface area contributed by atoms with Crippen LogP contribution in [-0.2, 0) is 0 Å². The summed E-state index contributed by atoms with van der Waals surface area (Å²) < 4.78 is 62.3. The minimum atomic E-state index is -0.455. The summed E-state index contributed by atoms with van der Waals surface area (Å²) in [6, 6.07) is 4.97. The van der Waals surface area contributed by atoms with Crippen LogP contribution in [0.25, 0.3) is 33.1 Å². The van der Waals surface area contributed by atoms with Crippen molar-refractivity contribution < 1.29 is 14.0 Å². The van der Waals surface area contributed by atoms with Crippen molar-refractivity contribution in [2.24, 2.45) is 0 Å². The maximum Gasteiger partial charge on any atom is 0.136 e. The fraction of sp³-hybridized carbons (Fsp3) is 0.0526. The van der Waals surface area contributed by atoms with Crippen LogP contribution in [0.15, 0.2) is 71.0 Å². The lowest BCUT2D eigenvalue weighted by Crippen LogP contribution is -1.78. The third-order valence-corrected chi connectivity index (χ3v) is 3.26. The summed E-state index contributed by atoms with van der Waals surface area (Å²) in [6.07, 6.45) is 0. The van der Waals surface area contributed by atoms with Crippen LogP contribution in [0.3, 0.4) is 0 Å². The molecule has 0 aliphatic rings. The summed E-state index contributed by atoms with van der Waals surface area (Å²) in [5, 5.41) is 1.06. The fourth-order valence-electron chi connectivity index (χ4n) is 2.37. The Hall–Kier alpha value is -2.54. The van der Waals surface area contributed by atoms with Crippen molar-refractivity contribution >= 4 is 21.9 Å². The summed E-state index contributed by atoms with van der Waals surface area (Å²) in [4.78, 5) is 0. The highest BCUT2D eigenvalue weighted by molar-refractivity contribution is 6.12. The van der Waals surface area contributed by atoms with Crippen LogP contribution in [0.4, 0.5) is 0 Å². The van der Waals surface area contributed by atoms with E-state index >= 15 is 0 Å². The number of benzene rings is 3. The topological polar surface area (TPSA) is 13.1 Å². The molecule has 20 heavy (non-hydrogen) atoms. The Bertz CT molecular complexity index is 1230. The van der Waals surface area contributed by atoms with Crippen LogP contribution in [0.1, 0.15) is 15.2 Å². The van der Waals surface area contributed by atoms with E-state index in [0.29, 0.717) is 21.9 Å². The van der Waals surface area contributed by atoms with Crippen LogP contribution in [0.5, 0.6) is 0 Å². The largest absolute Gasteiger partial charge is 0.456 e. The first-order valence-electron chi connectivity index (χ1n) is 9.73. The van der Waals surface area contributed by atoms with Crippen LogP contribution < -0.4 is 0 Å². The molecule has 0 amide bonds. The van der Waals surface area contributed by atoms with Gasteiger partial charge in [0, 0.05) is 10.8 Å². The van der Waals surface area contributed by atoms with Crippen molar-refractivity contribution in [3.63, 3.8) is 0 Å². The molecule has 0 N–H and O–H groups in total. The summed E-state index contributed by atoms with van der Waals surface area (Å²) in [6.45, 7) is 1.78. The fourth-order valence-corrected chi connectivity index (χ4v) is 2.37. The predicted molar refractivity (Wildman–Crippen MR) is 83.9 cm³/mol. The molecule has 0 bridgehead atoms. The molecule has 4 aromatic rings. The number of furan rings is 1. The normalized spacial score (nSPS) is 16.1. The Morgan fingerprint density at radius 2 is 1.80 bits per heavy atom. The Kier molecular flexibility index (Phi) is 1.33. The molecule has 4 rings (SSSR count). The predicted octanol–water partition coefficient (Wildman–Crippen LogP) is 5.56. The minimum Gasteiger partial charge on any atom is -0.456 e. The van der Waals surface area contributed by atoms with E-state index in [2.05, 4.69) is 0 Å². The molecule has 1 heteroatoms. The van der Waals surface area contributed by atoms with Gasteiger partial charge in [-0.25, -0.2) is 0 Å². The molecule has 0 aliphatic carbocycles. The van der Waals surface area contributed by atoms with E-state index in [1.54, 1.807) is 25.1 Å². The standard InChI is InChI=1S/C19H14O/c1-13-10-11-16-18(12-13)20-17-9-5-8-15(19(16)17)14-6-3-2-4-7-14/h2-12H,1H3/i2D,3D,4D,6D,7D,9D,12D. The summed E-state index contributed by atoms with van der Waals surface area (Å²) in [5.41, 5.74) is 1.71. The SMILES string of the molecule is [2H]c1c([2H])c([2H])c(-c2ccc([2H])c3oc4c([2H])c(C)ccc4c23)c([2H])c1[2H]. The summed E-state index contributed by atoms with van der Waals surface area (Å²) >= 11 is 0. The van der Waals surface area contributed by atoms with E-state index in [1.807, 2.05) is 0 Å². The van der Waals surface area contributed by atoms with Gasteiger partial charge >= 0.3 is 0 Å². The van der Waals surface area contributed by atoms with Gasteiger partial charge in [-0.1, -0.05) is 54.5 Å². The lowest BCUT2D eigenvalue weighted by molar-refractivity contribution is 0.668. The average Bonchev–Trinajstić information content (AvgIpc) is 3.05. The van der Waals surface area contributed by atoms with Gasteiger partial charge in [0.2, 0.25) is 0 Å². The number of rotatable bonds is 1. The number of hydrogen-bond donors (Lipinski definition) is 0. The third kappa shape index (κ3) is 1.64. The maximum atomic E-state index is 8.25. The van der Waals surface area contributed by atoms with Gasteiger partial charge in [0.25, 0.3) is 0 Å². The van der Waals surface area contributed by atoms with Crippen molar-refractivity contribution in [3.8, 4) is 11.1 Å². The molecule has 0 spiro atoms. The second-order valence-corrected chi connectivity index (χ2v) is 4.58. The molecule has 0 atom stereocenters. The molecule has 3 aromatic carbocycles. The van der Waals surface area contributed by atoms with Gasteiger partial charge in [-0.15, -0.1) is 0 Å². The van der Waals surface area contributed by atoms with Gasteiger partial charge < -0.3 is 4.42 Å². The Labute approximate surface area is 127 Å². The van der Waals surface area contributed by atoms with Crippen molar-refractivity contribution in [1.29, 1.82) is 0 Å². The molecule has 0 radical (unpaired) electrons. The van der Waals surface area contributed by atoms with E-state index in [-0.39, 0.29) is 35.3 Å². The smallest absolute Gasteiger partial charge is 0.136 e. The van der Waals surface area contributed by atoms with E-state index < -0.39 is 18.1 Å². The molecule has 96 valence electrons. The van der Waals surface area contributed by atoms with Gasteiger partial charge in [0.1, 0.15) is 11.2 Å². The van der Waals surface area contributed by atoms with E-state index in [4.69, 9.17) is 14.0 Å². The molecule has 0 aliphatic heterocycles. The third-order valence-electron chi connectivity index (χ3n) is 3.26. The highest BCUT2D eigenvalue weighted by atomic mass is 16.3. The molecule has 0 saturated carbocycles. The molecular weight excluding hydrogens is 244 g/mol. The second kappa shape index (κ2) is 4.24. The van der Waals surface area contributed by atoms with Crippen molar-refractivity contribution in [2.75, 3.05) is 0 Å². The average molecular weight is 265 g/mol. The second-order valence-electron chi connectivity index (χ2n) is 4.58. The zero-order chi connectivity index (χ0) is 19.6. The highest BCUT2D eigenvalue weighted by Crippen LogP contribution is 2.36. The molecule has 0 fully saturated rings. The van der Waals surface area contributed by atoms with Crippen molar-refractivity contribution in [1.82, 2.24) is 0 Å². The Morgan fingerprint density at radius 1 is 0.950 bits per heavy atom. The van der Waals surface area contributed by atoms with Gasteiger partial charge in [-0.2, -0.15) is 0 Å². The number of fused-ring (bicyclic) bond motifs is 3. The highest BCUT2D eigenvalue weighted by Gasteiger charge is 2.11. The Morgan fingerprint density at radius 3 is 2.65 bits per heavy atom. The van der Waals surface area contributed by atoms with Gasteiger partial charge in [0.05, 0.1) is 9.60 Å². The monoisotopic (exact) mass is 265 g/mol. The zero-order valence-electron chi connectivity index (χ0n) is 17.7. The first-order valence-corrected chi connectivity index (χ1v) is 6.23. The van der Waals surface area contributed by atoms with Crippen LogP contribution in [0.2, 0.25) is 0 Å². The first kappa shape index (κ1) is 6.27. The lowest BCUT2D eigenvalue weighted by Gasteiger charge is -2.03. The number of hydrogen-bond acceptors (Lipinski definition) is 1. The molecule has 0 saturated heterocycles. The number of aryl methyl sites for hydroxylation is 1. The van der Waals surface area contributed by atoms with Crippen LogP contribution >= 0.6 is 0 Å².